The van der Waals surface area contributed by atoms with E-state index in [1.807, 2.05) is 0 Å². The molecular weight excluding hydrogens is 232 g/mol. The van der Waals surface area contributed by atoms with Crippen molar-refractivity contribution in [1.82, 2.24) is 10.2 Å². The molecule has 0 aromatic heterocycles. The average Bonchev–Trinajstić information content (AvgIpc) is 1.97. The van der Waals surface area contributed by atoms with Gasteiger partial charge in [0, 0.05) is 6.17 Å². The molecular formula is C11H30N2OSi2. The van der Waals surface area contributed by atoms with Crippen LogP contribution < -0.4 is 5.32 Å². The van der Waals surface area contributed by atoms with Crippen LogP contribution in [0.5, 0.6) is 0 Å². The van der Waals surface area contributed by atoms with Crippen LogP contribution in [0.4, 0.5) is 0 Å². The largest absolute Gasteiger partial charge is 0.455 e. The Balaban J connectivity index is 3.66. The summed E-state index contributed by atoms with van der Waals surface area (Å²) in [5.41, 5.74) is 0. The first-order chi connectivity index (χ1) is 7.12. The zero-order valence-electron chi connectivity index (χ0n) is 12.2. The van der Waals surface area contributed by atoms with E-state index in [4.69, 9.17) is 4.12 Å². The first-order valence-electron chi connectivity index (χ1n) is 6.18. The predicted molar refractivity (Wildman–Crippen MR) is 78.0 cm³/mol. The van der Waals surface area contributed by atoms with Crippen LogP contribution in [0.25, 0.3) is 0 Å². The lowest BCUT2D eigenvalue weighted by Crippen LogP contribution is -2.49. The summed E-state index contributed by atoms with van der Waals surface area (Å²) in [5.74, 6) is 0. The molecule has 0 heterocycles. The molecule has 3 nitrogen and oxygen atoms in total. The van der Waals surface area contributed by atoms with Gasteiger partial charge in [0.2, 0.25) is 0 Å². The summed E-state index contributed by atoms with van der Waals surface area (Å²) in [6, 6.07) is 0. The Hall–Kier alpha value is 0.314. The van der Waals surface area contributed by atoms with Crippen LogP contribution in [0.2, 0.25) is 32.7 Å². The summed E-state index contributed by atoms with van der Waals surface area (Å²) < 4.78 is 6.26. The lowest BCUT2D eigenvalue weighted by atomic mass is 10.4. The van der Waals surface area contributed by atoms with Gasteiger partial charge in [0.1, 0.15) is 0 Å². The Morgan fingerprint density at radius 1 is 1.06 bits per heavy atom. The van der Waals surface area contributed by atoms with Gasteiger partial charge in [-0.1, -0.05) is 0 Å². The molecule has 16 heavy (non-hydrogen) atoms. The lowest BCUT2D eigenvalue weighted by Gasteiger charge is -2.31. The van der Waals surface area contributed by atoms with Crippen molar-refractivity contribution in [2.75, 3.05) is 33.4 Å². The summed E-state index contributed by atoms with van der Waals surface area (Å²) in [4.78, 5) is 2.23. The van der Waals surface area contributed by atoms with Gasteiger partial charge < -0.3 is 14.3 Å². The van der Waals surface area contributed by atoms with Crippen molar-refractivity contribution in [1.29, 1.82) is 0 Å². The molecule has 0 rings (SSSR count). The van der Waals surface area contributed by atoms with E-state index in [1.54, 1.807) is 0 Å². The Morgan fingerprint density at radius 3 is 2.06 bits per heavy atom. The summed E-state index contributed by atoms with van der Waals surface area (Å²) in [6.45, 7) is 13.7. The third kappa shape index (κ3) is 10.8. The van der Waals surface area contributed by atoms with Gasteiger partial charge in [-0.3, -0.25) is 0 Å². The lowest BCUT2D eigenvalue weighted by molar-refractivity contribution is 0.396. The molecule has 0 amide bonds. The SMILES string of the molecule is CN(C)CCCNC[Si](C)(C)O[Si](C)(C)C. The van der Waals surface area contributed by atoms with Gasteiger partial charge in [0.15, 0.2) is 16.6 Å². The highest BCUT2D eigenvalue weighted by Gasteiger charge is 2.28. The van der Waals surface area contributed by atoms with Crippen molar-refractivity contribution in [3.63, 3.8) is 0 Å². The van der Waals surface area contributed by atoms with Gasteiger partial charge >= 0.3 is 0 Å². The second kappa shape index (κ2) is 6.91. The van der Waals surface area contributed by atoms with Crippen LogP contribution in [0.3, 0.4) is 0 Å². The molecule has 0 aromatic carbocycles. The third-order valence-corrected chi connectivity index (χ3v) is 7.85. The van der Waals surface area contributed by atoms with Crippen LogP contribution in [0, 0.1) is 0 Å². The highest BCUT2D eigenvalue weighted by atomic mass is 28.4. The van der Waals surface area contributed by atoms with E-state index in [9.17, 15) is 0 Å². The fourth-order valence-electron chi connectivity index (χ4n) is 1.77. The average molecular weight is 263 g/mol. The normalized spacial score (nSPS) is 13.5. The standard InChI is InChI=1S/C11H30N2OSi2/c1-13(2)10-8-9-12-11-16(6,7)14-15(3,4)5/h12H,8-11H2,1-7H3. The molecule has 0 aliphatic carbocycles. The van der Waals surface area contributed by atoms with Crippen LogP contribution in [-0.4, -0.2) is 54.9 Å². The predicted octanol–water partition coefficient (Wildman–Crippen LogP) is 2.12. The number of rotatable bonds is 8. The highest BCUT2D eigenvalue weighted by molar-refractivity contribution is 6.84. The Labute approximate surface area is 104 Å². The van der Waals surface area contributed by atoms with Gasteiger partial charge in [-0.05, 0) is 66.3 Å². The van der Waals surface area contributed by atoms with Crippen molar-refractivity contribution in [2.45, 2.75) is 39.2 Å². The molecule has 0 bridgehead atoms. The molecule has 0 fully saturated rings. The van der Waals surface area contributed by atoms with E-state index >= 15 is 0 Å². The summed E-state index contributed by atoms with van der Waals surface area (Å²) >= 11 is 0. The van der Waals surface area contributed by atoms with Crippen LogP contribution >= 0.6 is 0 Å². The second-order valence-electron chi connectivity index (χ2n) is 6.31. The number of hydrogen-bond donors (Lipinski definition) is 1. The molecule has 0 radical (unpaired) electrons. The fourth-order valence-corrected chi connectivity index (χ4v) is 9.47. The van der Waals surface area contributed by atoms with Gasteiger partial charge in [-0.2, -0.15) is 0 Å². The van der Waals surface area contributed by atoms with Crippen molar-refractivity contribution in [3.8, 4) is 0 Å². The Morgan fingerprint density at radius 2 is 1.62 bits per heavy atom. The van der Waals surface area contributed by atoms with Gasteiger partial charge in [0.05, 0.1) is 0 Å². The van der Waals surface area contributed by atoms with Crippen molar-refractivity contribution in [2.24, 2.45) is 0 Å². The first kappa shape index (κ1) is 16.3. The first-order valence-corrected chi connectivity index (χ1v) is 12.7. The number of hydrogen-bond acceptors (Lipinski definition) is 3. The maximum absolute atomic E-state index is 6.26. The molecule has 0 aliphatic rings. The van der Waals surface area contributed by atoms with Crippen LogP contribution in [0.1, 0.15) is 6.42 Å². The minimum atomic E-state index is -1.48. The smallest absolute Gasteiger partial charge is 0.187 e. The number of nitrogens with zero attached hydrogens (tertiary/aromatic N) is 1. The number of nitrogens with one attached hydrogen (secondary N) is 1. The zero-order valence-corrected chi connectivity index (χ0v) is 14.2. The molecule has 98 valence electrons. The van der Waals surface area contributed by atoms with E-state index < -0.39 is 16.6 Å². The van der Waals surface area contributed by atoms with E-state index in [1.165, 1.54) is 6.42 Å². The Kier molecular flexibility index (Phi) is 7.04. The van der Waals surface area contributed by atoms with E-state index in [0.717, 1.165) is 19.3 Å². The quantitative estimate of drug-likeness (QED) is 0.536. The monoisotopic (exact) mass is 262 g/mol. The minimum absolute atomic E-state index is 1.07. The minimum Gasteiger partial charge on any atom is -0.455 e. The van der Waals surface area contributed by atoms with Gasteiger partial charge in [-0.25, -0.2) is 0 Å². The van der Waals surface area contributed by atoms with E-state index in [2.05, 4.69) is 57.0 Å². The van der Waals surface area contributed by atoms with Crippen molar-refractivity contribution >= 4 is 16.6 Å². The van der Waals surface area contributed by atoms with Crippen molar-refractivity contribution < 1.29 is 4.12 Å². The third-order valence-electron chi connectivity index (χ3n) is 2.09. The molecule has 0 atom stereocenters. The Bertz CT molecular complexity index is 191. The van der Waals surface area contributed by atoms with Crippen LogP contribution in [0.15, 0.2) is 0 Å². The fraction of sp³-hybridized carbons (Fsp3) is 1.00. The van der Waals surface area contributed by atoms with Gasteiger partial charge in [0.25, 0.3) is 0 Å². The summed E-state index contributed by atoms with van der Waals surface area (Å²) in [5, 5.41) is 3.54. The van der Waals surface area contributed by atoms with Gasteiger partial charge in [-0.15, -0.1) is 0 Å². The molecule has 0 spiro atoms. The van der Waals surface area contributed by atoms with E-state index in [0.29, 0.717) is 0 Å². The maximum atomic E-state index is 6.26. The zero-order chi connectivity index (χ0) is 12.8. The summed E-state index contributed by atoms with van der Waals surface area (Å²) in [6.07, 6.45) is 2.29. The molecule has 0 saturated heterocycles. The summed E-state index contributed by atoms with van der Waals surface area (Å²) in [7, 11) is 1.39. The molecule has 0 aromatic rings. The molecule has 5 heteroatoms. The molecule has 0 unspecified atom stereocenters. The van der Waals surface area contributed by atoms with Crippen LogP contribution in [-0.2, 0) is 4.12 Å². The second-order valence-corrected chi connectivity index (χ2v) is 15.2. The molecule has 0 aliphatic heterocycles. The molecule has 1 N–H and O–H groups in total. The topological polar surface area (TPSA) is 24.5 Å². The van der Waals surface area contributed by atoms with E-state index in [-0.39, 0.29) is 0 Å². The molecule has 0 saturated carbocycles. The maximum Gasteiger partial charge on any atom is 0.187 e. The highest BCUT2D eigenvalue weighted by Crippen LogP contribution is 2.12. The van der Waals surface area contributed by atoms with Crippen molar-refractivity contribution in [3.05, 3.63) is 0 Å².